The van der Waals surface area contributed by atoms with Crippen molar-refractivity contribution in [2.75, 3.05) is 6.61 Å². The number of ether oxygens (including phenoxy) is 1. The molecule has 5 rings (SSSR count). The van der Waals surface area contributed by atoms with Crippen molar-refractivity contribution in [2.45, 2.75) is 18.6 Å². The Morgan fingerprint density at radius 3 is 2.56 bits per heavy atom. The van der Waals surface area contributed by atoms with Gasteiger partial charge in [-0.3, -0.25) is 9.78 Å². The van der Waals surface area contributed by atoms with Gasteiger partial charge < -0.3 is 15.2 Å². The van der Waals surface area contributed by atoms with Crippen LogP contribution >= 0.6 is 0 Å². The number of hydrogen-bond donors (Lipinski definition) is 2. The van der Waals surface area contributed by atoms with Crippen LogP contribution in [-0.2, 0) is 12.1 Å². The zero-order chi connectivity index (χ0) is 23.5. The number of fused-ring (bicyclic) bond motifs is 1. The number of aliphatic hydroxyl groups excluding tert-OH is 1. The Morgan fingerprint density at radius 2 is 1.79 bits per heavy atom. The van der Waals surface area contributed by atoms with Gasteiger partial charge in [0.05, 0.1) is 13.2 Å². The highest BCUT2D eigenvalue weighted by Crippen LogP contribution is 2.41. The number of benzene rings is 3. The fraction of sp³-hybridized carbons (Fsp3) is 0.143. The van der Waals surface area contributed by atoms with Gasteiger partial charge in [-0.1, -0.05) is 42.5 Å². The second-order valence-corrected chi connectivity index (χ2v) is 8.25. The van der Waals surface area contributed by atoms with Crippen molar-refractivity contribution in [2.24, 2.45) is 0 Å². The van der Waals surface area contributed by atoms with Crippen molar-refractivity contribution in [3.63, 3.8) is 0 Å². The van der Waals surface area contributed by atoms with E-state index in [1.54, 1.807) is 12.3 Å². The summed E-state index contributed by atoms with van der Waals surface area (Å²) in [6.45, 7) is 0.385. The fourth-order valence-corrected chi connectivity index (χ4v) is 4.40. The molecule has 3 aromatic carbocycles. The summed E-state index contributed by atoms with van der Waals surface area (Å²) in [7, 11) is 0. The number of pyridine rings is 1. The van der Waals surface area contributed by atoms with E-state index in [9.17, 15) is 14.3 Å². The molecule has 0 radical (unpaired) electrons. The molecule has 1 aliphatic heterocycles. The van der Waals surface area contributed by atoms with Gasteiger partial charge in [-0.05, 0) is 64.7 Å². The normalized spacial score (nSPS) is 16.9. The topological polar surface area (TPSA) is 71.5 Å². The predicted molar refractivity (Wildman–Crippen MR) is 127 cm³/mol. The van der Waals surface area contributed by atoms with Crippen molar-refractivity contribution in [3.8, 4) is 16.9 Å². The lowest BCUT2D eigenvalue weighted by atomic mass is 9.80. The van der Waals surface area contributed by atoms with Gasteiger partial charge in [0.25, 0.3) is 5.91 Å². The fourth-order valence-electron chi connectivity index (χ4n) is 4.40. The molecule has 0 aliphatic carbocycles. The molecule has 1 amide bonds. The van der Waals surface area contributed by atoms with E-state index in [1.165, 1.54) is 24.3 Å². The summed E-state index contributed by atoms with van der Waals surface area (Å²) in [6, 6.07) is 24.8. The number of carbonyl (C=O) groups excluding carboxylic acids is 1. The first-order valence-electron chi connectivity index (χ1n) is 11.1. The second-order valence-electron chi connectivity index (χ2n) is 8.25. The van der Waals surface area contributed by atoms with E-state index in [0.717, 1.165) is 22.3 Å². The Kier molecular flexibility index (Phi) is 5.82. The van der Waals surface area contributed by atoms with Crippen LogP contribution in [0.3, 0.4) is 0 Å². The number of rotatable bonds is 5. The molecule has 0 saturated heterocycles. The molecule has 4 aromatic rings. The smallest absolute Gasteiger partial charge is 0.252 e. The molecule has 170 valence electrons. The number of halogens is 1. The van der Waals surface area contributed by atoms with Gasteiger partial charge in [-0.2, -0.15) is 0 Å². The van der Waals surface area contributed by atoms with Crippen LogP contribution in [0.15, 0.2) is 91.1 Å². The molecular formula is C28H23FN2O3. The Hall–Kier alpha value is -4.03. The van der Waals surface area contributed by atoms with Crippen LogP contribution < -0.4 is 10.1 Å². The van der Waals surface area contributed by atoms with Crippen LogP contribution in [0, 0.1) is 5.82 Å². The SMILES string of the molecule is O=C(N[C@]1(c2ccc(-c3cccc(CO)c3)cc2)CCOc2cccnc21)c1ccc(F)cc1. The lowest BCUT2D eigenvalue weighted by Gasteiger charge is -2.39. The molecule has 0 bridgehead atoms. The van der Waals surface area contributed by atoms with E-state index in [-0.39, 0.29) is 12.5 Å². The highest BCUT2D eigenvalue weighted by Gasteiger charge is 2.42. The third kappa shape index (κ3) is 4.04. The van der Waals surface area contributed by atoms with Gasteiger partial charge >= 0.3 is 0 Å². The Morgan fingerprint density at radius 1 is 1.00 bits per heavy atom. The third-order valence-corrected chi connectivity index (χ3v) is 6.16. The molecule has 6 heteroatoms. The third-order valence-electron chi connectivity index (χ3n) is 6.16. The van der Waals surface area contributed by atoms with Gasteiger partial charge in [0.2, 0.25) is 0 Å². The molecule has 1 aromatic heterocycles. The van der Waals surface area contributed by atoms with Gasteiger partial charge in [0.15, 0.2) is 0 Å². The maximum atomic E-state index is 13.4. The number of aliphatic hydroxyl groups is 1. The van der Waals surface area contributed by atoms with E-state index in [2.05, 4.69) is 10.3 Å². The Balaban J connectivity index is 1.57. The standard InChI is InChI=1S/C28H23FN2O3/c29-24-12-8-21(9-13-24)27(33)31-28(14-16-34-25-5-2-15-30-26(25)28)23-10-6-20(7-11-23)22-4-1-3-19(17-22)18-32/h1-13,15,17,32H,14,16,18H2,(H,31,33)/t28-/m0/s1. The van der Waals surface area contributed by atoms with Crippen molar-refractivity contribution in [3.05, 3.63) is 119 Å². The first kappa shape index (κ1) is 21.8. The van der Waals surface area contributed by atoms with Gasteiger partial charge in [-0.15, -0.1) is 0 Å². The highest BCUT2D eigenvalue weighted by atomic mass is 19.1. The lowest BCUT2D eigenvalue weighted by molar-refractivity contribution is 0.0883. The van der Waals surface area contributed by atoms with Crippen LogP contribution in [0.5, 0.6) is 5.75 Å². The van der Waals surface area contributed by atoms with E-state index >= 15 is 0 Å². The first-order chi connectivity index (χ1) is 16.6. The van der Waals surface area contributed by atoms with Crippen LogP contribution in [0.2, 0.25) is 0 Å². The van der Waals surface area contributed by atoms with Crippen molar-refractivity contribution < 1.29 is 19.0 Å². The van der Waals surface area contributed by atoms with Crippen molar-refractivity contribution in [1.82, 2.24) is 10.3 Å². The van der Waals surface area contributed by atoms with Gasteiger partial charge in [0.1, 0.15) is 22.8 Å². The zero-order valence-corrected chi connectivity index (χ0v) is 18.4. The maximum Gasteiger partial charge on any atom is 0.252 e. The molecule has 34 heavy (non-hydrogen) atoms. The molecule has 0 fully saturated rings. The number of amides is 1. The summed E-state index contributed by atoms with van der Waals surface area (Å²) in [5.41, 5.74) is 3.78. The van der Waals surface area contributed by atoms with Crippen molar-refractivity contribution >= 4 is 5.91 Å². The minimum absolute atomic E-state index is 0.0209. The molecule has 1 aliphatic rings. The molecular weight excluding hydrogens is 431 g/mol. The van der Waals surface area contributed by atoms with Crippen LogP contribution in [0.4, 0.5) is 4.39 Å². The summed E-state index contributed by atoms with van der Waals surface area (Å²) >= 11 is 0. The van der Waals surface area contributed by atoms with Crippen molar-refractivity contribution in [1.29, 1.82) is 0 Å². The average Bonchev–Trinajstić information content (AvgIpc) is 2.89. The summed E-state index contributed by atoms with van der Waals surface area (Å²) in [4.78, 5) is 17.8. The van der Waals surface area contributed by atoms with E-state index < -0.39 is 11.4 Å². The summed E-state index contributed by atoms with van der Waals surface area (Å²) in [5.74, 6) is -0.101. The van der Waals surface area contributed by atoms with E-state index in [4.69, 9.17) is 4.74 Å². The molecule has 5 nitrogen and oxygen atoms in total. The Bertz CT molecular complexity index is 1320. The number of nitrogens with one attached hydrogen (secondary N) is 1. The lowest BCUT2D eigenvalue weighted by Crippen LogP contribution is -2.50. The van der Waals surface area contributed by atoms with E-state index in [1.807, 2.05) is 54.6 Å². The molecule has 1 atom stereocenters. The number of carbonyl (C=O) groups is 1. The number of hydrogen-bond acceptors (Lipinski definition) is 4. The largest absolute Gasteiger partial charge is 0.491 e. The summed E-state index contributed by atoms with van der Waals surface area (Å²) < 4.78 is 19.2. The second kappa shape index (κ2) is 9.08. The molecule has 0 saturated carbocycles. The average molecular weight is 455 g/mol. The van der Waals surface area contributed by atoms with Gasteiger partial charge in [0, 0.05) is 18.2 Å². The minimum Gasteiger partial charge on any atom is -0.491 e. The van der Waals surface area contributed by atoms with Crippen LogP contribution in [-0.4, -0.2) is 22.6 Å². The summed E-state index contributed by atoms with van der Waals surface area (Å²) in [6.07, 6.45) is 2.17. The number of nitrogens with zero attached hydrogens (tertiary/aromatic N) is 1. The zero-order valence-electron chi connectivity index (χ0n) is 18.4. The monoisotopic (exact) mass is 454 g/mol. The quantitative estimate of drug-likeness (QED) is 0.453. The molecule has 2 N–H and O–H groups in total. The predicted octanol–water partition coefficient (Wildman–Crippen LogP) is 4.84. The highest BCUT2D eigenvalue weighted by molar-refractivity contribution is 5.95. The molecule has 0 spiro atoms. The number of aromatic nitrogens is 1. The summed E-state index contributed by atoms with van der Waals surface area (Å²) in [5, 5.41) is 12.6. The van der Waals surface area contributed by atoms with Gasteiger partial charge in [-0.25, -0.2) is 4.39 Å². The van der Waals surface area contributed by atoms with Crippen LogP contribution in [0.1, 0.15) is 33.6 Å². The minimum atomic E-state index is -0.911. The van der Waals surface area contributed by atoms with Crippen LogP contribution in [0.25, 0.3) is 11.1 Å². The maximum absolute atomic E-state index is 13.4. The first-order valence-corrected chi connectivity index (χ1v) is 11.1. The Labute approximate surface area is 196 Å². The molecule has 2 heterocycles. The van der Waals surface area contributed by atoms with E-state index in [0.29, 0.717) is 30.0 Å². The molecule has 0 unspecified atom stereocenters.